The summed E-state index contributed by atoms with van der Waals surface area (Å²) in [6, 6.07) is 8.46. The molecular formula is C24H31Cl2N3O5S. The number of benzene rings is 2. The van der Waals surface area contributed by atoms with Gasteiger partial charge in [0.25, 0.3) is 0 Å². The van der Waals surface area contributed by atoms with Crippen LogP contribution in [0.2, 0.25) is 10.0 Å². The van der Waals surface area contributed by atoms with Crippen LogP contribution in [0.3, 0.4) is 0 Å². The summed E-state index contributed by atoms with van der Waals surface area (Å²) in [5, 5.41) is 3.30. The molecule has 1 fully saturated rings. The summed E-state index contributed by atoms with van der Waals surface area (Å²) in [5.74, 6) is 1.64. The fourth-order valence-electron chi connectivity index (χ4n) is 3.89. The Labute approximate surface area is 216 Å². The molecule has 0 spiro atoms. The van der Waals surface area contributed by atoms with Gasteiger partial charge in [-0.25, -0.2) is 13.1 Å². The average molecular weight is 545 g/mol. The number of rotatable bonds is 10. The fourth-order valence-corrected chi connectivity index (χ4v) is 5.32. The van der Waals surface area contributed by atoms with Crippen LogP contribution >= 0.6 is 23.2 Å². The second kappa shape index (κ2) is 11.8. The standard InChI is InChI=1S/C24H31Cl2N3O5S/c1-5-35(31,32)28-16-8-9-29(13-16)14-23(30)27-17-10-20(25)24(21(26)11-17)34-18-6-7-22(33-4)19(12-18)15(2)3/h6-7,10-12,15-16,28H,5,8-9,13-14H2,1-4H3,(H,27,30)/t16-/m1/s1. The number of anilines is 1. The molecule has 0 aliphatic carbocycles. The molecule has 1 heterocycles. The van der Waals surface area contributed by atoms with Gasteiger partial charge in [0.15, 0.2) is 5.75 Å². The second-order valence-corrected chi connectivity index (χ2v) is 11.6. The first-order chi connectivity index (χ1) is 16.5. The molecule has 2 aromatic carbocycles. The lowest BCUT2D eigenvalue weighted by Gasteiger charge is -2.17. The van der Waals surface area contributed by atoms with Gasteiger partial charge in [-0.3, -0.25) is 9.69 Å². The normalized spacial score (nSPS) is 16.5. The van der Waals surface area contributed by atoms with Gasteiger partial charge in [-0.1, -0.05) is 37.0 Å². The predicted molar refractivity (Wildman–Crippen MR) is 140 cm³/mol. The number of likely N-dealkylation sites (tertiary alicyclic amines) is 1. The lowest BCUT2D eigenvalue weighted by Crippen LogP contribution is -2.39. The van der Waals surface area contributed by atoms with Gasteiger partial charge in [0.05, 0.1) is 29.5 Å². The SMILES string of the molecule is CCS(=O)(=O)N[C@@H]1CCN(CC(=O)Nc2cc(Cl)c(Oc3ccc(OC)c(C(C)C)c3)c(Cl)c2)C1. The van der Waals surface area contributed by atoms with E-state index in [9.17, 15) is 13.2 Å². The van der Waals surface area contributed by atoms with E-state index in [1.165, 1.54) is 0 Å². The molecular weight excluding hydrogens is 513 g/mol. The van der Waals surface area contributed by atoms with E-state index in [0.717, 1.165) is 11.3 Å². The topological polar surface area (TPSA) is 97.0 Å². The van der Waals surface area contributed by atoms with Crippen molar-refractivity contribution in [2.75, 3.05) is 37.8 Å². The van der Waals surface area contributed by atoms with Crippen LogP contribution in [0.15, 0.2) is 30.3 Å². The Kier molecular flexibility index (Phi) is 9.28. The van der Waals surface area contributed by atoms with Crippen molar-refractivity contribution in [2.45, 2.75) is 39.2 Å². The number of hydrogen-bond donors (Lipinski definition) is 2. The minimum atomic E-state index is -3.27. The lowest BCUT2D eigenvalue weighted by molar-refractivity contribution is -0.117. The predicted octanol–water partition coefficient (Wildman–Crippen LogP) is 4.87. The van der Waals surface area contributed by atoms with Crippen LogP contribution in [-0.2, 0) is 14.8 Å². The number of hydrogen-bond acceptors (Lipinski definition) is 6. The average Bonchev–Trinajstić information content (AvgIpc) is 3.21. The fraction of sp³-hybridized carbons (Fsp3) is 0.458. The van der Waals surface area contributed by atoms with Crippen molar-refractivity contribution in [1.82, 2.24) is 9.62 Å². The number of halogens is 2. The number of sulfonamides is 1. The van der Waals surface area contributed by atoms with Crippen LogP contribution in [0.5, 0.6) is 17.2 Å². The van der Waals surface area contributed by atoms with Gasteiger partial charge in [0.1, 0.15) is 11.5 Å². The Morgan fingerprint density at radius 3 is 2.49 bits per heavy atom. The van der Waals surface area contributed by atoms with Gasteiger partial charge in [-0.2, -0.15) is 0 Å². The first-order valence-electron chi connectivity index (χ1n) is 11.4. The number of carbonyl (C=O) groups is 1. The first-order valence-corrected chi connectivity index (χ1v) is 13.8. The number of amides is 1. The summed E-state index contributed by atoms with van der Waals surface area (Å²) < 4.78 is 37.5. The molecule has 3 rings (SSSR count). The molecule has 11 heteroatoms. The molecule has 1 saturated heterocycles. The highest BCUT2D eigenvalue weighted by Gasteiger charge is 2.27. The van der Waals surface area contributed by atoms with E-state index in [-0.39, 0.29) is 46.0 Å². The van der Waals surface area contributed by atoms with Crippen molar-refractivity contribution < 1.29 is 22.7 Å². The summed E-state index contributed by atoms with van der Waals surface area (Å²) >= 11 is 12.9. The molecule has 0 aromatic heterocycles. The van der Waals surface area contributed by atoms with Gasteiger partial charge >= 0.3 is 0 Å². The number of nitrogens with zero attached hydrogens (tertiary/aromatic N) is 1. The molecule has 0 radical (unpaired) electrons. The lowest BCUT2D eigenvalue weighted by atomic mass is 10.0. The highest BCUT2D eigenvalue weighted by Crippen LogP contribution is 2.40. The van der Waals surface area contributed by atoms with Crippen LogP contribution in [0.4, 0.5) is 5.69 Å². The zero-order valence-electron chi connectivity index (χ0n) is 20.2. The molecule has 0 unspecified atom stereocenters. The summed E-state index contributed by atoms with van der Waals surface area (Å²) in [6.45, 7) is 6.94. The highest BCUT2D eigenvalue weighted by atomic mass is 35.5. The van der Waals surface area contributed by atoms with E-state index in [2.05, 4.69) is 23.9 Å². The molecule has 0 bridgehead atoms. The minimum Gasteiger partial charge on any atom is -0.496 e. The maximum Gasteiger partial charge on any atom is 0.238 e. The van der Waals surface area contributed by atoms with Crippen LogP contribution in [-0.4, -0.2) is 57.8 Å². The third-order valence-corrected chi connectivity index (χ3v) is 7.71. The maximum absolute atomic E-state index is 12.6. The number of methoxy groups -OCH3 is 1. The van der Waals surface area contributed by atoms with E-state index < -0.39 is 10.0 Å². The molecule has 1 atom stereocenters. The van der Waals surface area contributed by atoms with Crippen LogP contribution < -0.4 is 19.5 Å². The molecule has 8 nitrogen and oxygen atoms in total. The monoisotopic (exact) mass is 543 g/mol. The van der Waals surface area contributed by atoms with Crippen LogP contribution in [0.25, 0.3) is 0 Å². The number of nitrogens with one attached hydrogen (secondary N) is 2. The summed E-state index contributed by atoms with van der Waals surface area (Å²) in [7, 11) is -1.65. The number of carbonyl (C=O) groups excluding carboxylic acids is 1. The van der Waals surface area contributed by atoms with Crippen molar-refractivity contribution in [1.29, 1.82) is 0 Å². The highest BCUT2D eigenvalue weighted by molar-refractivity contribution is 7.89. The van der Waals surface area contributed by atoms with Crippen molar-refractivity contribution in [2.24, 2.45) is 0 Å². The molecule has 1 aliphatic heterocycles. The summed E-state index contributed by atoms with van der Waals surface area (Å²) in [5.41, 5.74) is 1.44. The minimum absolute atomic E-state index is 0.0303. The third-order valence-electron chi connectivity index (χ3n) is 5.69. The zero-order valence-corrected chi connectivity index (χ0v) is 22.6. The second-order valence-electron chi connectivity index (χ2n) is 8.72. The Balaban J connectivity index is 1.63. The maximum atomic E-state index is 12.6. The Bertz CT molecular complexity index is 1150. The van der Waals surface area contributed by atoms with E-state index in [1.54, 1.807) is 32.2 Å². The molecule has 1 aliphatic rings. The van der Waals surface area contributed by atoms with E-state index >= 15 is 0 Å². The molecule has 0 saturated carbocycles. The quantitative estimate of drug-likeness (QED) is 0.443. The van der Waals surface area contributed by atoms with Crippen molar-refractivity contribution in [3.05, 3.63) is 45.9 Å². The molecule has 2 aromatic rings. The molecule has 35 heavy (non-hydrogen) atoms. The Morgan fingerprint density at radius 1 is 1.20 bits per heavy atom. The van der Waals surface area contributed by atoms with Gasteiger partial charge in [0, 0.05) is 30.4 Å². The van der Waals surface area contributed by atoms with Crippen LogP contribution in [0.1, 0.15) is 38.7 Å². The first kappa shape index (κ1) is 27.5. The molecule has 1 amide bonds. The van der Waals surface area contributed by atoms with E-state index in [1.807, 2.05) is 17.0 Å². The summed E-state index contributed by atoms with van der Waals surface area (Å²) in [6.07, 6.45) is 0.653. The van der Waals surface area contributed by atoms with Crippen LogP contribution in [0, 0.1) is 0 Å². The smallest absolute Gasteiger partial charge is 0.238 e. The van der Waals surface area contributed by atoms with Gasteiger partial charge in [-0.05, 0) is 49.6 Å². The van der Waals surface area contributed by atoms with Gasteiger partial charge < -0.3 is 14.8 Å². The molecule has 2 N–H and O–H groups in total. The van der Waals surface area contributed by atoms with E-state index in [0.29, 0.717) is 30.9 Å². The van der Waals surface area contributed by atoms with Gasteiger partial charge in [-0.15, -0.1) is 0 Å². The molecule has 192 valence electrons. The van der Waals surface area contributed by atoms with Crippen molar-refractivity contribution >= 4 is 44.8 Å². The van der Waals surface area contributed by atoms with E-state index in [4.69, 9.17) is 32.7 Å². The summed E-state index contributed by atoms with van der Waals surface area (Å²) in [4.78, 5) is 14.5. The Hall–Kier alpha value is -2.04. The van der Waals surface area contributed by atoms with Gasteiger partial charge in [0.2, 0.25) is 15.9 Å². The number of ether oxygens (including phenoxy) is 2. The zero-order chi connectivity index (χ0) is 25.8. The van der Waals surface area contributed by atoms with Crippen molar-refractivity contribution in [3.8, 4) is 17.2 Å². The third kappa shape index (κ3) is 7.47. The van der Waals surface area contributed by atoms with Crippen molar-refractivity contribution in [3.63, 3.8) is 0 Å². The largest absolute Gasteiger partial charge is 0.496 e. The Morgan fingerprint density at radius 2 is 1.89 bits per heavy atom.